The summed E-state index contributed by atoms with van der Waals surface area (Å²) in [6, 6.07) is 0. The number of carboxylic acid groups (broad SMARTS) is 1. The van der Waals surface area contributed by atoms with Crippen LogP contribution in [-0.4, -0.2) is 82.3 Å². The number of hydrogen-bond donors (Lipinski definition) is 0. The quantitative estimate of drug-likeness (QED) is 0.0195. The van der Waals surface area contributed by atoms with Gasteiger partial charge in [-0.3, -0.25) is 9.59 Å². The van der Waals surface area contributed by atoms with Crippen LogP contribution in [0.15, 0.2) is 72.9 Å². The molecule has 0 aromatic heterocycles. The van der Waals surface area contributed by atoms with Crippen LogP contribution in [0.3, 0.4) is 0 Å². The molecular weight excluding hydrogens is 863 g/mol. The van der Waals surface area contributed by atoms with Gasteiger partial charge in [0.25, 0.3) is 0 Å². The van der Waals surface area contributed by atoms with Crippen molar-refractivity contribution in [3.05, 3.63) is 72.9 Å². The fourth-order valence-corrected chi connectivity index (χ4v) is 7.62. The molecule has 398 valence electrons. The molecule has 9 nitrogen and oxygen atoms in total. The highest BCUT2D eigenvalue weighted by atomic mass is 16.7. The van der Waals surface area contributed by atoms with E-state index in [4.69, 9.17) is 18.9 Å². The Labute approximate surface area is 424 Å². The number of ether oxygens (including phenoxy) is 4. The first-order chi connectivity index (χ1) is 33.6. The normalized spacial score (nSPS) is 13.3. The summed E-state index contributed by atoms with van der Waals surface area (Å²) < 4.78 is 22.7. The zero-order valence-corrected chi connectivity index (χ0v) is 45.2. The van der Waals surface area contributed by atoms with Crippen molar-refractivity contribution in [2.75, 3.05) is 47.5 Å². The van der Waals surface area contributed by atoms with Crippen LogP contribution >= 0.6 is 0 Å². The summed E-state index contributed by atoms with van der Waals surface area (Å²) in [6.45, 7) is 4.61. The Hall–Kier alpha value is -3.27. The minimum Gasteiger partial charge on any atom is -0.545 e. The number of esters is 2. The maximum Gasteiger partial charge on any atom is 0.306 e. The molecule has 0 radical (unpaired) electrons. The summed E-state index contributed by atoms with van der Waals surface area (Å²) in [5, 5.41) is 11.8. The van der Waals surface area contributed by atoms with Crippen molar-refractivity contribution in [1.82, 2.24) is 0 Å². The van der Waals surface area contributed by atoms with Gasteiger partial charge in [-0.05, 0) is 83.5 Å². The molecule has 0 bridgehead atoms. The molecule has 0 aromatic carbocycles. The van der Waals surface area contributed by atoms with Gasteiger partial charge in [-0.15, -0.1) is 0 Å². The SMILES string of the molecule is CC/C=C\C/C=C\C/C=C\C/C=C\CCCCCCCCCCCCCCCCC(=O)OC(COC(=O)CCCCCCCCC/C=C\C/C=C\CCCCC)COC(OCC[N+](C)(C)C)C(=O)[O-]. The van der Waals surface area contributed by atoms with Crippen LogP contribution in [0.1, 0.15) is 232 Å². The number of likely N-dealkylation sites (N-methyl/N-ethyl adjacent to an activating group) is 1. The third-order valence-corrected chi connectivity index (χ3v) is 11.9. The van der Waals surface area contributed by atoms with Crippen LogP contribution in [0.5, 0.6) is 0 Å². The molecule has 69 heavy (non-hydrogen) atoms. The monoisotopic (exact) mass is 968 g/mol. The highest BCUT2D eigenvalue weighted by Crippen LogP contribution is 2.16. The molecule has 2 unspecified atom stereocenters. The molecule has 0 aromatic rings. The summed E-state index contributed by atoms with van der Waals surface area (Å²) in [7, 11) is 5.92. The van der Waals surface area contributed by atoms with E-state index in [1.54, 1.807) is 0 Å². The second-order valence-electron chi connectivity index (χ2n) is 19.8. The third-order valence-electron chi connectivity index (χ3n) is 11.9. The number of allylic oxidation sites excluding steroid dienone is 12. The first kappa shape index (κ1) is 65.7. The molecule has 0 amide bonds. The number of unbranched alkanes of at least 4 members (excludes halogenated alkanes) is 24. The number of carbonyl (C=O) groups excluding carboxylic acids is 3. The van der Waals surface area contributed by atoms with Crippen molar-refractivity contribution in [2.24, 2.45) is 0 Å². The lowest BCUT2D eigenvalue weighted by Crippen LogP contribution is -2.44. The van der Waals surface area contributed by atoms with E-state index in [-0.39, 0.29) is 38.6 Å². The molecule has 0 spiro atoms. The van der Waals surface area contributed by atoms with E-state index in [1.807, 2.05) is 21.1 Å². The van der Waals surface area contributed by atoms with Gasteiger partial charge < -0.3 is 33.3 Å². The van der Waals surface area contributed by atoms with Crippen LogP contribution in [0.2, 0.25) is 0 Å². The highest BCUT2D eigenvalue weighted by Gasteiger charge is 2.22. The predicted molar refractivity (Wildman–Crippen MR) is 288 cm³/mol. The fraction of sp³-hybridized carbons (Fsp3) is 0.750. The van der Waals surface area contributed by atoms with Crippen molar-refractivity contribution < 1.29 is 42.9 Å². The number of quaternary nitrogens is 1. The number of aliphatic carboxylic acids is 1. The molecule has 0 rings (SSSR count). The molecular formula is C60H105NO8. The maximum atomic E-state index is 12.9. The van der Waals surface area contributed by atoms with Gasteiger partial charge in [0.2, 0.25) is 0 Å². The summed E-state index contributed by atoms with van der Waals surface area (Å²) in [6.07, 6.45) is 62.3. The molecule has 0 fully saturated rings. The van der Waals surface area contributed by atoms with E-state index in [1.165, 1.54) is 116 Å². The van der Waals surface area contributed by atoms with Crippen molar-refractivity contribution >= 4 is 17.9 Å². The Kier molecular flexibility index (Phi) is 48.7. The Morgan fingerprint density at radius 3 is 1.23 bits per heavy atom. The van der Waals surface area contributed by atoms with E-state index < -0.39 is 24.3 Å². The molecule has 0 N–H and O–H groups in total. The zero-order chi connectivity index (χ0) is 50.6. The summed E-state index contributed by atoms with van der Waals surface area (Å²) in [5.74, 6) is -2.29. The second-order valence-corrected chi connectivity index (χ2v) is 19.8. The van der Waals surface area contributed by atoms with E-state index >= 15 is 0 Å². The lowest BCUT2D eigenvalue weighted by Gasteiger charge is -2.26. The standard InChI is InChI=1S/C60H105NO8/c1-6-8-10-12-14-16-18-20-22-24-25-26-27-28-29-30-31-32-33-35-37-39-41-43-45-47-49-51-58(63)69-56(55-68-60(59(64)65)66-53-52-61(3,4)5)54-67-57(62)50-48-46-44-42-40-38-36-34-23-21-19-17-15-13-11-9-7-2/h8,10,14-17,20-23,25-26,56,60H,6-7,9,11-13,18-19,24,27-55H2,1-5H3/b10-8-,16-14-,17-15-,22-20-,23-21-,26-25-. The van der Waals surface area contributed by atoms with E-state index in [2.05, 4.69) is 86.8 Å². The van der Waals surface area contributed by atoms with Gasteiger partial charge in [0.15, 0.2) is 12.4 Å². The van der Waals surface area contributed by atoms with E-state index in [0.717, 1.165) is 83.5 Å². The Balaban J connectivity index is 4.24. The minimum atomic E-state index is -1.62. The second kappa shape index (κ2) is 51.1. The average Bonchev–Trinajstić information content (AvgIpc) is 3.31. The predicted octanol–water partition coefficient (Wildman–Crippen LogP) is 14.9. The molecule has 0 saturated heterocycles. The third kappa shape index (κ3) is 52.4. The molecule has 0 aliphatic heterocycles. The molecule has 9 heteroatoms. The number of rotatable bonds is 51. The average molecular weight is 968 g/mol. The minimum absolute atomic E-state index is 0.144. The maximum absolute atomic E-state index is 12.9. The van der Waals surface area contributed by atoms with Gasteiger partial charge in [0, 0.05) is 12.8 Å². The number of nitrogens with zero attached hydrogens (tertiary/aromatic N) is 1. The van der Waals surface area contributed by atoms with Crippen LogP contribution in [-0.2, 0) is 33.3 Å². The lowest BCUT2D eigenvalue weighted by molar-refractivity contribution is -0.870. The summed E-state index contributed by atoms with van der Waals surface area (Å²) in [4.78, 5) is 37.2. The van der Waals surface area contributed by atoms with Crippen molar-refractivity contribution in [3.63, 3.8) is 0 Å². The Bertz CT molecular complexity index is 1360. The van der Waals surface area contributed by atoms with Gasteiger partial charge in [0.05, 0.1) is 40.3 Å². The lowest BCUT2D eigenvalue weighted by atomic mass is 10.0. The summed E-state index contributed by atoms with van der Waals surface area (Å²) >= 11 is 0. The van der Waals surface area contributed by atoms with Gasteiger partial charge in [0.1, 0.15) is 13.2 Å². The van der Waals surface area contributed by atoms with Gasteiger partial charge >= 0.3 is 11.9 Å². The van der Waals surface area contributed by atoms with Crippen LogP contribution < -0.4 is 5.11 Å². The smallest absolute Gasteiger partial charge is 0.306 e. The number of carbonyl (C=O) groups is 3. The van der Waals surface area contributed by atoms with Gasteiger partial charge in [-0.1, -0.05) is 209 Å². The topological polar surface area (TPSA) is 111 Å². The molecule has 2 atom stereocenters. The van der Waals surface area contributed by atoms with Gasteiger partial charge in [-0.2, -0.15) is 0 Å². The van der Waals surface area contributed by atoms with Gasteiger partial charge in [-0.25, -0.2) is 0 Å². The van der Waals surface area contributed by atoms with E-state index in [9.17, 15) is 19.5 Å². The van der Waals surface area contributed by atoms with Crippen LogP contribution in [0.4, 0.5) is 0 Å². The molecule has 0 aliphatic carbocycles. The summed E-state index contributed by atoms with van der Waals surface area (Å²) in [5.41, 5.74) is 0. The molecule has 0 heterocycles. The molecule has 0 aliphatic rings. The first-order valence-corrected chi connectivity index (χ1v) is 28.1. The fourth-order valence-electron chi connectivity index (χ4n) is 7.62. The number of hydrogen-bond acceptors (Lipinski definition) is 8. The Morgan fingerprint density at radius 1 is 0.449 bits per heavy atom. The van der Waals surface area contributed by atoms with Crippen molar-refractivity contribution in [2.45, 2.75) is 245 Å². The van der Waals surface area contributed by atoms with Crippen LogP contribution in [0.25, 0.3) is 0 Å². The van der Waals surface area contributed by atoms with Crippen molar-refractivity contribution in [3.8, 4) is 0 Å². The zero-order valence-electron chi connectivity index (χ0n) is 45.2. The number of carboxylic acids is 1. The van der Waals surface area contributed by atoms with Crippen LogP contribution in [0, 0.1) is 0 Å². The largest absolute Gasteiger partial charge is 0.545 e. The highest BCUT2D eigenvalue weighted by molar-refractivity contribution is 5.70. The van der Waals surface area contributed by atoms with Crippen molar-refractivity contribution in [1.29, 1.82) is 0 Å². The Morgan fingerprint density at radius 2 is 0.826 bits per heavy atom. The van der Waals surface area contributed by atoms with E-state index in [0.29, 0.717) is 17.4 Å². The first-order valence-electron chi connectivity index (χ1n) is 28.1. The molecule has 0 saturated carbocycles.